The number of amides is 1. The molecule has 1 fully saturated rings. The molecule has 0 aliphatic carbocycles. The zero-order chi connectivity index (χ0) is 13.0. The first-order valence-corrected chi connectivity index (χ1v) is 6.84. The number of carbonyl (C=O) groups excluding carboxylic acids is 1. The maximum absolute atomic E-state index is 12.1. The van der Waals surface area contributed by atoms with Crippen molar-refractivity contribution in [1.82, 2.24) is 5.32 Å². The van der Waals surface area contributed by atoms with E-state index in [-0.39, 0.29) is 11.9 Å². The van der Waals surface area contributed by atoms with Crippen molar-refractivity contribution in [2.75, 3.05) is 11.9 Å². The van der Waals surface area contributed by atoms with E-state index in [1.165, 1.54) is 17.5 Å². The summed E-state index contributed by atoms with van der Waals surface area (Å²) in [5, 5.41) is 6.28. The van der Waals surface area contributed by atoms with E-state index in [0.29, 0.717) is 0 Å². The van der Waals surface area contributed by atoms with Crippen molar-refractivity contribution in [2.45, 2.75) is 45.6 Å². The number of nitrogens with one attached hydrogen (secondary N) is 2. The van der Waals surface area contributed by atoms with E-state index in [1.54, 1.807) is 0 Å². The van der Waals surface area contributed by atoms with Crippen LogP contribution in [0.2, 0.25) is 0 Å². The Labute approximate surface area is 109 Å². The average Bonchev–Trinajstić information content (AvgIpc) is 2.42. The van der Waals surface area contributed by atoms with Crippen molar-refractivity contribution < 1.29 is 4.79 Å². The van der Waals surface area contributed by atoms with E-state index < -0.39 is 0 Å². The lowest BCUT2D eigenvalue weighted by Gasteiger charge is -2.22. The highest BCUT2D eigenvalue weighted by atomic mass is 16.2. The molecule has 0 saturated carbocycles. The second kappa shape index (κ2) is 6.01. The van der Waals surface area contributed by atoms with Crippen LogP contribution >= 0.6 is 0 Å². The normalized spacial score (nSPS) is 19.6. The number of carbonyl (C=O) groups is 1. The molecule has 3 nitrogen and oxygen atoms in total. The fourth-order valence-corrected chi connectivity index (χ4v) is 2.44. The molecule has 1 amide bonds. The van der Waals surface area contributed by atoms with Crippen LogP contribution in [-0.4, -0.2) is 18.5 Å². The van der Waals surface area contributed by atoms with Gasteiger partial charge in [-0.25, -0.2) is 0 Å². The summed E-state index contributed by atoms with van der Waals surface area (Å²) < 4.78 is 0. The molecule has 1 aliphatic rings. The Balaban J connectivity index is 2.02. The number of anilines is 1. The third-order valence-corrected chi connectivity index (χ3v) is 3.62. The number of piperidine rings is 1. The van der Waals surface area contributed by atoms with Gasteiger partial charge in [0.25, 0.3) is 0 Å². The van der Waals surface area contributed by atoms with Crippen molar-refractivity contribution in [3.63, 3.8) is 0 Å². The van der Waals surface area contributed by atoms with Gasteiger partial charge in [-0.15, -0.1) is 0 Å². The summed E-state index contributed by atoms with van der Waals surface area (Å²) in [4.78, 5) is 12.1. The Hall–Kier alpha value is -1.35. The molecule has 0 bridgehead atoms. The van der Waals surface area contributed by atoms with E-state index in [9.17, 15) is 4.79 Å². The molecule has 1 heterocycles. The quantitative estimate of drug-likeness (QED) is 0.861. The third kappa shape index (κ3) is 3.10. The Morgan fingerprint density at radius 1 is 1.44 bits per heavy atom. The minimum absolute atomic E-state index is 0.0230. The van der Waals surface area contributed by atoms with E-state index in [0.717, 1.165) is 31.5 Å². The third-order valence-electron chi connectivity index (χ3n) is 3.62. The van der Waals surface area contributed by atoms with Gasteiger partial charge >= 0.3 is 0 Å². The highest BCUT2D eigenvalue weighted by molar-refractivity contribution is 5.95. The predicted octanol–water partition coefficient (Wildman–Crippen LogP) is 2.64. The zero-order valence-electron chi connectivity index (χ0n) is 11.3. The molecule has 0 aromatic heterocycles. The number of hydrogen-bond acceptors (Lipinski definition) is 2. The molecule has 0 radical (unpaired) electrons. The first-order chi connectivity index (χ1) is 8.70. The van der Waals surface area contributed by atoms with Crippen LogP contribution in [0.3, 0.4) is 0 Å². The van der Waals surface area contributed by atoms with Gasteiger partial charge in [0.15, 0.2) is 0 Å². The Kier molecular flexibility index (Phi) is 4.37. The lowest BCUT2D eigenvalue weighted by Crippen LogP contribution is -2.43. The minimum Gasteiger partial charge on any atom is -0.325 e. The van der Waals surface area contributed by atoms with E-state index >= 15 is 0 Å². The van der Waals surface area contributed by atoms with Crippen LogP contribution in [-0.2, 0) is 11.2 Å². The van der Waals surface area contributed by atoms with Gasteiger partial charge < -0.3 is 10.6 Å². The number of benzene rings is 1. The maximum Gasteiger partial charge on any atom is 0.241 e. The molecular weight excluding hydrogens is 224 g/mol. The summed E-state index contributed by atoms with van der Waals surface area (Å²) >= 11 is 0. The summed E-state index contributed by atoms with van der Waals surface area (Å²) in [6.45, 7) is 5.19. The fraction of sp³-hybridized carbons (Fsp3) is 0.533. The molecule has 98 valence electrons. The smallest absolute Gasteiger partial charge is 0.241 e. The molecule has 0 unspecified atom stereocenters. The van der Waals surface area contributed by atoms with Gasteiger partial charge in [-0.1, -0.05) is 19.4 Å². The zero-order valence-corrected chi connectivity index (χ0v) is 11.3. The van der Waals surface area contributed by atoms with Gasteiger partial charge in [0.2, 0.25) is 5.91 Å². The summed E-state index contributed by atoms with van der Waals surface area (Å²) in [6.07, 6.45) is 4.25. The maximum atomic E-state index is 12.1. The van der Waals surface area contributed by atoms with Gasteiger partial charge in [0.1, 0.15) is 0 Å². The SMILES string of the molecule is CCc1cc(NC(=O)[C@@H]2CCCCN2)ccc1C. The summed E-state index contributed by atoms with van der Waals surface area (Å²) in [5.41, 5.74) is 3.49. The van der Waals surface area contributed by atoms with Gasteiger partial charge in [0, 0.05) is 5.69 Å². The second-order valence-electron chi connectivity index (χ2n) is 4.99. The molecule has 0 spiro atoms. The topological polar surface area (TPSA) is 41.1 Å². The van der Waals surface area contributed by atoms with E-state index in [4.69, 9.17) is 0 Å². The van der Waals surface area contributed by atoms with Crippen LogP contribution in [0.25, 0.3) is 0 Å². The molecule has 1 aromatic rings. The van der Waals surface area contributed by atoms with Crippen molar-refractivity contribution in [2.24, 2.45) is 0 Å². The summed E-state index contributed by atoms with van der Waals surface area (Å²) in [6, 6.07) is 6.11. The number of rotatable bonds is 3. The van der Waals surface area contributed by atoms with Gasteiger partial charge in [0.05, 0.1) is 6.04 Å². The van der Waals surface area contributed by atoms with E-state index in [2.05, 4.69) is 36.6 Å². The molecule has 1 saturated heterocycles. The lowest BCUT2D eigenvalue weighted by molar-refractivity contribution is -0.118. The second-order valence-corrected chi connectivity index (χ2v) is 4.99. The largest absolute Gasteiger partial charge is 0.325 e. The van der Waals surface area contributed by atoms with Crippen LogP contribution in [0.4, 0.5) is 5.69 Å². The van der Waals surface area contributed by atoms with Crippen molar-refractivity contribution in [3.8, 4) is 0 Å². The molecule has 1 atom stereocenters. The molecule has 1 aromatic carbocycles. The van der Waals surface area contributed by atoms with Gasteiger partial charge in [-0.05, 0) is 56.0 Å². The predicted molar refractivity (Wildman–Crippen MR) is 74.8 cm³/mol. The van der Waals surface area contributed by atoms with Crippen LogP contribution in [0, 0.1) is 6.92 Å². The Bertz CT molecular complexity index is 423. The van der Waals surface area contributed by atoms with Crippen LogP contribution in [0.15, 0.2) is 18.2 Å². The molecule has 3 heteroatoms. The van der Waals surface area contributed by atoms with Gasteiger partial charge in [-0.3, -0.25) is 4.79 Å². The Morgan fingerprint density at radius 2 is 2.28 bits per heavy atom. The van der Waals surface area contributed by atoms with Crippen molar-refractivity contribution in [1.29, 1.82) is 0 Å². The number of aryl methyl sites for hydroxylation is 2. The molecule has 18 heavy (non-hydrogen) atoms. The standard InChI is InChI=1S/C15H22N2O/c1-3-12-10-13(8-7-11(12)2)17-15(18)14-6-4-5-9-16-14/h7-8,10,14,16H,3-6,9H2,1-2H3,(H,17,18)/t14-/m0/s1. The molecule has 2 rings (SSSR count). The highest BCUT2D eigenvalue weighted by Gasteiger charge is 2.20. The van der Waals surface area contributed by atoms with Crippen molar-refractivity contribution in [3.05, 3.63) is 29.3 Å². The molecule has 2 N–H and O–H groups in total. The monoisotopic (exact) mass is 246 g/mol. The number of hydrogen-bond donors (Lipinski definition) is 2. The van der Waals surface area contributed by atoms with Crippen LogP contribution < -0.4 is 10.6 Å². The highest BCUT2D eigenvalue weighted by Crippen LogP contribution is 2.17. The van der Waals surface area contributed by atoms with Crippen molar-refractivity contribution >= 4 is 11.6 Å². The fourth-order valence-electron chi connectivity index (χ4n) is 2.44. The summed E-state index contributed by atoms with van der Waals surface area (Å²) in [5.74, 6) is 0.0978. The minimum atomic E-state index is -0.0230. The molecule has 1 aliphatic heterocycles. The summed E-state index contributed by atoms with van der Waals surface area (Å²) in [7, 11) is 0. The Morgan fingerprint density at radius 3 is 2.94 bits per heavy atom. The van der Waals surface area contributed by atoms with Crippen LogP contribution in [0.1, 0.15) is 37.3 Å². The van der Waals surface area contributed by atoms with E-state index in [1.807, 2.05) is 6.07 Å². The van der Waals surface area contributed by atoms with Gasteiger partial charge in [-0.2, -0.15) is 0 Å². The average molecular weight is 246 g/mol. The first kappa shape index (κ1) is 13.1. The molecular formula is C15H22N2O. The van der Waals surface area contributed by atoms with Crippen LogP contribution in [0.5, 0.6) is 0 Å². The first-order valence-electron chi connectivity index (χ1n) is 6.84. The lowest BCUT2D eigenvalue weighted by atomic mass is 10.0.